The minimum absolute atomic E-state index is 0.0498. The summed E-state index contributed by atoms with van der Waals surface area (Å²) >= 11 is 1.54. The van der Waals surface area contributed by atoms with Crippen molar-refractivity contribution in [2.75, 3.05) is 18.2 Å². The van der Waals surface area contributed by atoms with Gasteiger partial charge in [0.1, 0.15) is 6.04 Å². The number of amides is 1. The van der Waals surface area contributed by atoms with Gasteiger partial charge in [0.05, 0.1) is 5.88 Å². The summed E-state index contributed by atoms with van der Waals surface area (Å²) in [5.41, 5.74) is 0.662. The molecule has 98 valence electrons. The molecule has 1 atom stereocenters. The molecule has 4 nitrogen and oxygen atoms in total. The summed E-state index contributed by atoms with van der Waals surface area (Å²) in [4.78, 5) is 25.4. The molecule has 0 aliphatic carbocycles. The first-order valence-electron chi connectivity index (χ1n) is 5.77. The van der Waals surface area contributed by atoms with Crippen LogP contribution in [0.2, 0.25) is 0 Å². The molecule has 0 unspecified atom stereocenters. The van der Waals surface area contributed by atoms with E-state index >= 15 is 0 Å². The number of thioether (sulfide) groups is 1. The summed E-state index contributed by atoms with van der Waals surface area (Å²) in [7, 11) is 0. The fraction of sp³-hybridized carbons (Fsp3) is 0.538. The molecule has 0 saturated carbocycles. The van der Waals surface area contributed by atoms with E-state index in [2.05, 4.69) is 5.92 Å². The van der Waals surface area contributed by atoms with Crippen molar-refractivity contribution in [3.8, 4) is 12.3 Å². The van der Waals surface area contributed by atoms with Gasteiger partial charge in [-0.3, -0.25) is 4.79 Å². The van der Waals surface area contributed by atoms with Crippen LogP contribution in [0.15, 0.2) is 11.6 Å². The van der Waals surface area contributed by atoms with Gasteiger partial charge in [0, 0.05) is 11.3 Å². The number of ether oxygens (including phenoxy) is 1. The zero-order chi connectivity index (χ0) is 13.5. The van der Waals surface area contributed by atoms with E-state index in [9.17, 15) is 9.59 Å². The molecule has 0 radical (unpaired) electrons. The number of terminal acetylenes is 1. The van der Waals surface area contributed by atoms with E-state index in [1.54, 1.807) is 23.6 Å². The van der Waals surface area contributed by atoms with Crippen molar-refractivity contribution in [3.63, 3.8) is 0 Å². The molecule has 0 aromatic carbocycles. The van der Waals surface area contributed by atoms with Crippen LogP contribution >= 0.6 is 11.8 Å². The highest BCUT2D eigenvalue weighted by atomic mass is 32.2. The Hall–Kier alpha value is -1.41. The van der Waals surface area contributed by atoms with E-state index in [0.29, 0.717) is 17.2 Å². The molecule has 0 aromatic rings. The topological polar surface area (TPSA) is 46.6 Å². The Morgan fingerprint density at radius 3 is 2.94 bits per heavy atom. The Kier molecular flexibility index (Phi) is 5.79. The third kappa shape index (κ3) is 3.54. The smallest absolute Gasteiger partial charge is 0.330 e. The normalized spacial score (nSPS) is 19.5. The molecule has 5 heteroatoms. The molecule has 1 aliphatic rings. The Morgan fingerprint density at radius 1 is 1.61 bits per heavy atom. The van der Waals surface area contributed by atoms with Crippen LogP contribution in [0.4, 0.5) is 0 Å². The van der Waals surface area contributed by atoms with Crippen molar-refractivity contribution in [1.82, 2.24) is 4.90 Å². The summed E-state index contributed by atoms with van der Waals surface area (Å²) in [5.74, 6) is 2.80. The lowest BCUT2D eigenvalue weighted by Crippen LogP contribution is -2.43. The maximum Gasteiger partial charge on any atom is 0.330 e. The highest BCUT2D eigenvalue weighted by molar-refractivity contribution is 7.99. The molecular formula is C13H17NO3S. The van der Waals surface area contributed by atoms with Gasteiger partial charge in [-0.05, 0) is 13.3 Å². The standard InChI is InChI=1S/C13H17NO3S/c1-4-6-10(3)12(15)14-9-18-8-11(14)13(16)17-7-5-2/h2,6,11H,4,7-9H2,1,3H3/b10-6+/t11-/m1/s1. The van der Waals surface area contributed by atoms with Crippen LogP contribution < -0.4 is 0 Å². The van der Waals surface area contributed by atoms with Crippen LogP contribution in [0.25, 0.3) is 0 Å². The fourth-order valence-electron chi connectivity index (χ4n) is 1.67. The number of hydrogen-bond donors (Lipinski definition) is 0. The lowest BCUT2D eigenvalue weighted by molar-refractivity contribution is -0.150. The Morgan fingerprint density at radius 2 is 2.33 bits per heavy atom. The number of carbonyl (C=O) groups excluding carboxylic acids is 2. The third-order valence-corrected chi connectivity index (χ3v) is 3.57. The van der Waals surface area contributed by atoms with E-state index in [1.165, 1.54) is 0 Å². The first-order valence-corrected chi connectivity index (χ1v) is 6.92. The van der Waals surface area contributed by atoms with Gasteiger partial charge in [-0.25, -0.2) is 4.79 Å². The number of rotatable bonds is 4. The van der Waals surface area contributed by atoms with Crippen molar-refractivity contribution in [1.29, 1.82) is 0 Å². The van der Waals surface area contributed by atoms with E-state index in [1.807, 2.05) is 13.0 Å². The number of nitrogens with zero attached hydrogens (tertiary/aromatic N) is 1. The van der Waals surface area contributed by atoms with Gasteiger partial charge in [-0.1, -0.05) is 18.9 Å². The number of carbonyl (C=O) groups is 2. The second-order valence-electron chi connectivity index (χ2n) is 3.90. The average Bonchev–Trinajstić information content (AvgIpc) is 2.84. The fourth-order valence-corrected chi connectivity index (χ4v) is 2.81. The molecule has 1 saturated heterocycles. The molecule has 1 fully saturated rings. The maximum atomic E-state index is 12.1. The van der Waals surface area contributed by atoms with E-state index < -0.39 is 12.0 Å². The summed E-state index contributed by atoms with van der Waals surface area (Å²) in [6, 6.07) is -0.518. The maximum absolute atomic E-state index is 12.1. The van der Waals surface area contributed by atoms with Gasteiger partial charge in [-0.15, -0.1) is 18.2 Å². The molecule has 1 heterocycles. The predicted octanol–water partition coefficient (Wildman–Crippen LogP) is 1.42. The van der Waals surface area contributed by atoms with E-state index in [4.69, 9.17) is 11.2 Å². The highest BCUT2D eigenvalue weighted by Gasteiger charge is 2.35. The van der Waals surface area contributed by atoms with E-state index in [-0.39, 0.29) is 12.5 Å². The Balaban J connectivity index is 2.70. The molecule has 18 heavy (non-hydrogen) atoms. The summed E-state index contributed by atoms with van der Waals surface area (Å²) in [5, 5.41) is 0. The van der Waals surface area contributed by atoms with Crippen LogP contribution in [-0.4, -0.2) is 41.1 Å². The zero-order valence-electron chi connectivity index (χ0n) is 10.6. The minimum Gasteiger partial charge on any atom is -0.451 e. The average molecular weight is 267 g/mol. The molecular weight excluding hydrogens is 250 g/mol. The van der Waals surface area contributed by atoms with Crippen molar-refractivity contribution in [2.45, 2.75) is 26.3 Å². The highest BCUT2D eigenvalue weighted by Crippen LogP contribution is 2.23. The van der Waals surface area contributed by atoms with Crippen LogP contribution in [0.3, 0.4) is 0 Å². The molecule has 0 N–H and O–H groups in total. The Labute approximate surface area is 112 Å². The molecule has 0 bridgehead atoms. The predicted molar refractivity (Wildman–Crippen MR) is 71.8 cm³/mol. The SMILES string of the molecule is C#CCOC(=O)[C@H]1CSCN1C(=O)/C(C)=C/CC. The van der Waals surface area contributed by atoms with Gasteiger partial charge >= 0.3 is 5.97 Å². The molecule has 1 amide bonds. The molecule has 1 rings (SSSR count). The summed E-state index contributed by atoms with van der Waals surface area (Å²) < 4.78 is 4.89. The van der Waals surface area contributed by atoms with Crippen molar-refractivity contribution in [2.24, 2.45) is 0 Å². The quantitative estimate of drug-likeness (QED) is 0.439. The van der Waals surface area contributed by atoms with Gasteiger partial charge < -0.3 is 9.64 Å². The van der Waals surface area contributed by atoms with Gasteiger partial charge in [-0.2, -0.15) is 0 Å². The van der Waals surface area contributed by atoms with Crippen LogP contribution in [0.5, 0.6) is 0 Å². The second kappa shape index (κ2) is 7.12. The largest absolute Gasteiger partial charge is 0.451 e. The van der Waals surface area contributed by atoms with Crippen molar-refractivity contribution < 1.29 is 14.3 Å². The Bertz CT molecular complexity index is 398. The lowest BCUT2D eigenvalue weighted by Gasteiger charge is -2.22. The van der Waals surface area contributed by atoms with Crippen molar-refractivity contribution in [3.05, 3.63) is 11.6 Å². The van der Waals surface area contributed by atoms with Crippen LogP contribution in [0.1, 0.15) is 20.3 Å². The minimum atomic E-state index is -0.518. The first kappa shape index (κ1) is 14.7. The number of hydrogen-bond acceptors (Lipinski definition) is 4. The molecule has 1 aliphatic heterocycles. The molecule has 0 spiro atoms. The zero-order valence-corrected chi connectivity index (χ0v) is 11.5. The van der Waals surface area contributed by atoms with Gasteiger partial charge in [0.25, 0.3) is 5.91 Å². The van der Waals surface area contributed by atoms with Crippen LogP contribution in [0, 0.1) is 12.3 Å². The summed E-state index contributed by atoms with van der Waals surface area (Å²) in [6.45, 7) is 3.68. The lowest BCUT2D eigenvalue weighted by atomic mass is 10.2. The summed E-state index contributed by atoms with van der Waals surface area (Å²) in [6.07, 6.45) is 7.69. The van der Waals surface area contributed by atoms with Gasteiger partial charge in [0.2, 0.25) is 0 Å². The van der Waals surface area contributed by atoms with E-state index in [0.717, 1.165) is 6.42 Å². The molecule has 0 aromatic heterocycles. The number of allylic oxidation sites excluding steroid dienone is 1. The second-order valence-corrected chi connectivity index (χ2v) is 4.90. The van der Waals surface area contributed by atoms with Crippen molar-refractivity contribution >= 4 is 23.6 Å². The first-order chi connectivity index (χ1) is 8.61. The third-order valence-electron chi connectivity index (χ3n) is 2.56. The number of esters is 1. The monoisotopic (exact) mass is 267 g/mol. The van der Waals surface area contributed by atoms with Crippen LogP contribution in [-0.2, 0) is 14.3 Å². The van der Waals surface area contributed by atoms with Gasteiger partial charge in [0.15, 0.2) is 6.61 Å².